The summed E-state index contributed by atoms with van der Waals surface area (Å²) in [6.45, 7) is 5.35. The van der Waals surface area contributed by atoms with Crippen molar-refractivity contribution in [3.05, 3.63) is 0 Å². The summed E-state index contributed by atoms with van der Waals surface area (Å²) in [6, 6.07) is -0.769. The van der Waals surface area contributed by atoms with Gasteiger partial charge in [0.05, 0.1) is 12.7 Å². The zero-order valence-corrected chi connectivity index (χ0v) is 15.1. The van der Waals surface area contributed by atoms with Gasteiger partial charge in [0.25, 0.3) is 0 Å². The molecule has 2 unspecified atom stereocenters. The number of aliphatic hydroxyl groups is 1. The number of amides is 1. The molecule has 6 nitrogen and oxygen atoms in total. The van der Waals surface area contributed by atoms with E-state index >= 15 is 0 Å². The highest BCUT2D eigenvalue weighted by molar-refractivity contribution is 5.82. The number of alkyl carbamates (subject to hydrolysis) is 1. The van der Waals surface area contributed by atoms with Crippen LogP contribution in [0.2, 0.25) is 0 Å². The Hall–Kier alpha value is -1.30. The summed E-state index contributed by atoms with van der Waals surface area (Å²) >= 11 is 0. The molecule has 136 valence electrons. The van der Waals surface area contributed by atoms with E-state index in [1.807, 2.05) is 0 Å². The van der Waals surface area contributed by atoms with E-state index in [0.29, 0.717) is 18.3 Å². The largest absolute Gasteiger partial charge is 0.467 e. The van der Waals surface area contributed by atoms with E-state index in [9.17, 15) is 14.7 Å². The number of esters is 1. The molecule has 2 N–H and O–H groups in total. The first-order valence-corrected chi connectivity index (χ1v) is 8.84. The smallest absolute Gasteiger partial charge is 0.408 e. The van der Waals surface area contributed by atoms with Crippen LogP contribution in [0.5, 0.6) is 0 Å². The molecule has 0 aromatic carbocycles. The van der Waals surface area contributed by atoms with Gasteiger partial charge in [-0.3, -0.25) is 0 Å². The van der Waals surface area contributed by atoms with E-state index in [4.69, 9.17) is 9.47 Å². The van der Waals surface area contributed by atoms with Gasteiger partial charge >= 0.3 is 12.1 Å². The van der Waals surface area contributed by atoms with Crippen LogP contribution in [-0.2, 0) is 14.3 Å². The predicted octanol–water partition coefficient (Wildman–Crippen LogP) is 2.38. The Morgan fingerprint density at radius 1 is 1.17 bits per heavy atom. The Morgan fingerprint density at radius 2 is 1.75 bits per heavy atom. The normalized spacial score (nSPS) is 38.5. The molecule has 0 spiro atoms. The van der Waals surface area contributed by atoms with Crippen molar-refractivity contribution in [3.8, 4) is 0 Å². The quantitative estimate of drug-likeness (QED) is 0.771. The summed E-state index contributed by atoms with van der Waals surface area (Å²) in [5.41, 5.74) is -1.76. The Morgan fingerprint density at radius 3 is 2.21 bits per heavy atom. The Kier molecular flexibility index (Phi) is 4.10. The molecule has 3 atom stereocenters. The molecule has 0 radical (unpaired) electrons. The Balaban J connectivity index is 1.84. The summed E-state index contributed by atoms with van der Waals surface area (Å²) in [7, 11) is 1.33. The van der Waals surface area contributed by atoms with Gasteiger partial charge in [-0.15, -0.1) is 0 Å². The van der Waals surface area contributed by atoms with Gasteiger partial charge in [0.1, 0.15) is 11.6 Å². The van der Waals surface area contributed by atoms with Crippen molar-refractivity contribution in [2.75, 3.05) is 7.11 Å². The van der Waals surface area contributed by atoms with E-state index in [2.05, 4.69) is 5.32 Å². The van der Waals surface area contributed by atoms with E-state index < -0.39 is 34.7 Å². The zero-order chi connectivity index (χ0) is 17.8. The van der Waals surface area contributed by atoms with Gasteiger partial charge in [0, 0.05) is 5.41 Å². The Bertz CT molecular complexity index is 524. The first-order valence-electron chi connectivity index (χ1n) is 8.84. The first-order chi connectivity index (χ1) is 11.0. The van der Waals surface area contributed by atoms with Crippen molar-refractivity contribution in [2.24, 2.45) is 17.3 Å². The third-order valence-corrected chi connectivity index (χ3v) is 5.79. The average molecular weight is 339 g/mol. The summed E-state index contributed by atoms with van der Waals surface area (Å²) in [6.07, 6.45) is 4.37. The molecule has 0 aliphatic heterocycles. The maximum atomic E-state index is 12.5. The lowest BCUT2D eigenvalue weighted by atomic mass is 9.46. The predicted molar refractivity (Wildman–Crippen MR) is 87.2 cm³/mol. The molecular formula is C18H29NO5. The van der Waals surface area contributed by atoms with Gasteiger partial charge in [-0.25, -0.2) is 9.59 Å². The van der Waals surface area contributed by atoms with Gasteiger partial charge in [0.15, 0.2) is 0 Å². The highest BCUT2D eigenvalue weighted by atomic mass is 16.6. The van der Waals surface area contributed by atoms with Crippen LogP contribution in [0.25, 0.3) is 0 Å². The van der Waals surface area contributed by atoms with Gasteiger partial charge in [0.2, 0.25) is 0 Å². The number of rotatable bonds is 3. The molecular weight excluding hydrogens is 310 g/mol. The van der Waals surface area contributed by atoms with Crippen LogP contribution < -0.4 is 5.32 Å². The summed E-state index contributed by atoms with van der Waals surface area (Å²) < 4.78 is 10.3. The van der Waals surface area contributed by atoms with Gasteiger partial charge in [-0.05, 0) is 71.1 Å². The first kappa shape index (κ1) is 17.5. The molecule has 4 fully saturated rings. The molecule has 4 aliphatic rings. The number of carbonyl (C=O) groups is 2. The summed E-state index contributed by atoms with van der Waals surface area (Å²) in [4.78, 5) is 24.7. The van der Waals surface area contributed by atoms with Gasteiger partial charge in [-0.1, -0.05) is 0 Å². The fourth-order valence-corrected chi connectivity index (χ4v) is 5.63. The number of ether oxygens (including phenoxy) is 2. The number of methoxy groups -OCH3 is 1. The van der Waals surface area contributed by atoms with Gasteiger partial charge < -0.3 is 19.9 Å². The Labute approximate surface area is 143 Å². The van der Waals surface area contributed by atoms with Crippen LogP contribution in [0, 0.1) is 17.3 Å². The minimum absolute atomic E-state index is 0.420. The summed E-state index contributed by atoms with van der Waals surface area (Å²) in [5, 5.41) is 13.6. The zero-order valence-electron chi connectivity index (χ0n) is 15.1. The molecule has 1 amide bonds. The van der Waals surface area contributed by atoms with Crippen LogP contribution in [-0.4, -0.2) is 41.5 Å². The molecule has 6 heteroatoms. The van der Waals surface area contributed by atoms with Crippen molar-refractivity contribution >= 4 is 12.1 Å². The number of hydrogen-bond donors (Lipinski definition) is 2. The van der Waals surface area contributed by atoms with Crippen molar-refractivity contribution in [3.63, 3.8) is 0 Å². The van der Waals surface area contributed by atoms with Crippen LogP contribution in [0.1, 0.15) is 59.3 Å². The number of nitrogens with one attached hydrogen (secondary N) is 1. The second kappa shape index (κ2) is 5.61. The molecule has 4 aliphatic carbocycles. The lowest BCUT2D eigenvalue weighted by molar-refractivity contribution is -0.183. The minimum Gasteiger partial charge on any atom is -0.467 e. The second-order valence-corrected chi connectivity index (χ2v) is 9.15. The maximum absolute atomic E-state index is 12.5. The van der Waals surface area contributed by atoms with Crippen LogP contribution in [0.3, 0.4) is 0 Å². The minimum atomic E-state index is -0.769. The molecule has 0 aromatic rings. The van der Waals surface area contributed by atoms with Crippen molar-refractivity contribution in [1.29, 1.82) is 0 Å². The monoisotopic (exact) mass is 339 g/mol. The highest BCUT2D eigenvalue weighted by Gasteiger charge is 2.61. The van der Waals surface area contributed by atoms with Crippen LogP contribution >= 0.6 is 0 Å². The molecule has 0 saturated heterocycles. The van der Waals surface area contributed by atoms with E-state index in [1.165, 1.54) is 7.11 Å². The maximum Gasteiger partial charge on any atom is 0.408 e. The topological polar surface area (TPSA) is 84.9 Å². The van der Waals surface area contributed by atoms with Crippen molar-refractivity contribution < 1.29 is 24.2 Å². The van der Waals surface area contributed by atoms with Crippen LogP contribution in [0.15, 0.2) is 0 Å². The molecule has 0 heterocycles. The fourth-order valence-electron chi connectivity index (χ4n) is 5.63. The highest BCUT2D eigenvalue weighted by Crippen LogP contribution is 2.62. The van der Waals surface area contributed by atoms with Gasteiger partial charge in [-0.2, -0.15) is 0 Å². The molecule has 24 heavy (non-hydrogen) atoms. The SMILES string of the molecule is COC(=O)[C@@H](NC(=O)OC(C)(C)C)C12CC3CC(CC(O)(C3)C1)C2. The second-order valence-electron chi connectivity index (χ2n) is 9.15. The van der Waals surface area contributed by atoms with Crippen LogP contribution in [0.4, 0.5) is 4.79 Å². The third kappa shape index (κ3) is 3.25. The molecule has 4 bridgehead atoms. The van der Waals surface area contributed by atoms with Crippen molar-refractivity contribution in [2.45, 2.75) is 76.5 Å². The molecule has 0 aromatic heterocycles. The third-order valence-electron chi connectivity index (χ3n) is 5.79. The van der Waals surface area contributed by atoms with E-state index in [-0.39, 0.29) is 0 Å². The number of hydrogen-bond acceptors (Lipinski definition) is 5. The summed E-state index contributed by atoms with van der Waals surface area (Å²) in [5.74, 6) is 0.388. The van der Waals surface area contributed by atoms with Crippen molar-refractivity contribution in [1.82, 2.24) is 5.32 Å². The number of carbonyl (C=O) groups excluding carboxylic acids is 2. The molecule has 4 rings (SSSR count). The van der Waals surface area contributed by atoms with E-state index in [1.54, 1.807) is 20.8 Å². The molecule has 4 saturated carbocycles. The van der Waals surface area contributed by atoms with E-state index in [0.717, 1.165) is 32.1 Å². The standard InChI is InChI=1S/C18H29NO5/c1-16(2,3)24-15(21)19-13(14(20)23-4)17-6-11-5-12(7-17)9-18(22,8-11)10-17/h11-13,22H,5-10H2,1-4H3,(H,19,21)/t11?,12?,13-,17?,18?/m1/s1. The fraction of sp³-hybridized carbons (Fsp3) is 0.889. The lowest BCUT2D eigenvalue weighted by Crippen LogP contribution is -2.64. The average Bonchev–Trinajstić information content (AvgIpc) is 2.39. The lowest BCUT2D eigenvalue weighted by Gasteiger charge is -2.61.